The lowest BCUT2D eigenvalue weighted by atomic mass is 9.68. The van der Waals surface area contributed by atoms with Crippen molar-refractivity contribution >= 4 is 17.7 Å². The van der Waals surface area contributed by atoms with Gasteiger partial charge < -0.3 is 25.0 Å². The van der Waals surface area contributed by atoms with E-state index < -0.39 is 18.1 Å². The van der Waals surface area contributed by atoms with Crippen LogP contribution in [0.5, 0.6) is 0 Å². The Morgan fingerprint density at radius 2 is 2.14 bits per heavy atom. The molecule has 2 saturated heterocycles. The van der Waals surface area contributed by atoms with Crippen LogP contribution in [0.3, 0.4) is 0 Å². The van der Waals surface area contributed by atoms with Crippen molar-refractivity contribution in [2.75, 3.05) is 31.3 Å². The highest BCUT2D eigenvalue weighted by Crippen LogP contribution is 2.43. The van der Waals surface area contributed by atoms with Gasteiger partial charge in [-0.3, -0.25) is 4.79 Å². The second-order valence-electron chi connectivity index (χ2n) is 8.67. The molecule has 6 nitrogen and oxygen atoms in total. The molecule has 0 aliphatic carbocycles. The number of hydrogen-bond donors (Lipinski definition) is 3. The molecule has 0 radical (unpaired) electrons. The van der Waals surface area contributed by atoms with E-state index in [0.717, 1.165) is 31.3 Å². The van der Waals surface area contributed by atoms with E-state index in [4.69, 9.17) is 9.47 Å². The third kappa shape index (κ3) is 6.46. The summed E-state index contributed by atoms with van der Waals surface area (Å²) in [5.41, 5.74) is 0.982. The highest BCUT2D eigenvalue weighted by Gasteiger charge is 2.47. The van der Waals surface area contributed by atoms with Gasteiger partial charge in [0.2, 0.25) is 0 Å². The number of nitrogens with one attached hydrogen (secondary N) is 1. The van der Waals surface area contributed by atoms with Crippen LogP contribution in [0.2, 0.25) is 0 Å². The number of likely N-dealkylation sites (N-methyl/N-ethyl adjacent to an activating group) is 1. The van der Waals surface area contributed by atoms with E-state index in [1.54, 1.807) is 11.8 Å². The molecular weight excluding hydrogens is 378 g/mol. The van der Waals surface area contributed by atoms with Gasteiger partial charge in [-0.05, 0) is 31.2 Å². The summed E-state index contributed by atoms with van der Waals surface area (Å²) in [6, 6.07) is -0.564. The average molecular weight is 416 g/mol. The van der Waals surface area contributed by atoms with Crippen molar-refractivity contribution < 1.29 is 24.5 Å². The van der Waals surface area contributed by atoms with Crippen molar-refractivity contribution in [2.24, 2.45) is 11.3 Å². The second-order valence-corrected chi connectivity index (χ2v) is 9.74. The molecule has 0 saturated carbocycles. The number of thioether (sulfide) groups is 1. The first-order valence-corrected chi connectivity index (χ1v) is 11.5. The summed E-state index contributed by atoms with van der Waals surface area (Å²) in [5, 5.41) is 23.4. The fourth-order valence-corrected chi connectivity index (χ4v) is 5.49. The van der Waals surface area contributed by atoms with Gasteiger partial charge in [0.15, 0.2) is 0 Å². The molecule has 0 aromatic rings. The smallest absolute Gasteiger partial charge is 0.321 e. The minimum absolute atomic E-state index is 0.0486. The topological polar surface area (TPSA) is 88.0 Å². The van der Waals surface area contributed by atoms with Crippen LogP contribution < -0.4 is 5.32 Å². The van der Waals surface area contributed by atoms with E-state index in [-0.39, 0.29) is 23.5 Å². The van der Waals surface area contributed by atoms with Crippen molar-refractivity contribution in [1.29, 1.82) is 0 Å². The van der Waals surface area contributed by atoms with Crippen LogP contribution in [0.15, 0.2) is 12.2 Å². The molecule has 2 aliphatic heterocycles. The van der Waals surface area contributed by atoms with E-state index in [0.29, 0.717) is 31.3 Å². The highest BCUT2D eigenvalue weighted by atomic mass is 32.2. The highest BCUT2D eigenvalue weighted by molar-refractivity contribution is 7.99. The molecule has 2 bridgehead atoms. The van der Waals surface area contributed by atoms with Gasteiger partial charge in [-0.15, -0.1) is 0 Å². The van der Waals surface area contributed by atoms with Crippen LogP contribution >= 0.6 is 11.8 Å². The first kappa shape index (κ1) is 23.7. The normalized spacial score (nSPS) is 32.4. The van der Waals surface area contributed by atoms with Crippen LogP contribution in [0.25, 0.3) is 0 Å². The third-order valence-corrected chi connectivity index (χ3v) is 7.08. The SMILES string of the molecule is C=C1CCCCC(C)(C)C2C(CSCC(NCC)C(=O)O)OCC(OC1)C2O. The van der Waals surface area contributed by atoms with Crippen molar-refractivity contribution in [3.63, 3.8) is 0 Å². The zero-order chi connectivity index (χ0) is 20.7. The number of rotatable bonds is 7. The lowest BCUT2D eigenvalue weighted by molar-refractivity contribution is -0.193. The number of aliphatic hydroxyl groups excluding tert-OH is 1. The molecule has 0 amide bonds. The summed E-state index contributed by atoms with van der Waals surface area (Å²) in [7, 11) is 0. The largest absolute Gasteiger partial charge is 0.480 e. The Kier molecular flexibility index (Phi) is 9.28. The Bertz CT molecular complexity index is 527. The van der Waals surface area contributed by atoms with Crippen molar-refractivity contribution in [2.45, 2.75) is 70.8 Å². The molecule has 3 N–H and O–H groups in total. The number of hydrogen-bond acceptors (Lipinski definition) is 6. The summed E-state index contributed by atoms with van der Waals surface area (Å²) in [6.07, 6.45) is 3.09. The fraction of sp³-hybridized carbons (Fsp3) is 0.857. The van der Waals surface area contributed by atoms with E-state index in [1.165, 1.54) is 0 Å². The zero-order valence-corrected chi connectivity index (χ0v) is 18.3. The first-order valence-electron chi connectivity index (χ1n) is 10.4. The summed E-state index contributed by atoms with van der Waals surface area (Å²) < 4.78 is 12.1. The molecule has 162 valence electrons. The van der Waals surface area contributed by atoms with Gasteiger partial charge in [-0.1, -0.05) is 39.3 Å². The Hall–Kier alpha value is -0.600. The van der Waals surface area contributed by atoms with E-state index >= 15 is 0 Å². The quantitative estimate of drug-likeness (QED) is 0.551. The number of fused-ring (bicyclic) bond motifs is 2. The fourth-order valence-electron chi connectivity index (χ4n) is 4.32. The van der Waals surface area contributed by atoms with Gasteiger partial charge in [-0.2, -0.15) is 11.8 Å². The molecule has 0 aromatic heterocycles. The maximum Gasteiger partial charge on any atom is 0.321 e. The standard InChI is InChI=1S/C21H37NO5S/c1-5-22-15(20(24)25)12-28-13-17-18-19(23)16(11-27-17)26-10-14(2)8-6-7-9-21(18,3)4/h15-19,22-23H,2,5-13H2,1,3-4H3,(H,24,25). The predicted octanol–water partition coefficient (Wildman–Crippen LogP) is 2.70. The monoisotopic (exact) mass is 415 g/mol. The van der Waals surface area contributed by atoms with E-state index in [2.05, 4.69) is 25.7 Å². The Balaban J connectivity index is 2.06. The number of carbonyl (C=O) groups is 1. The van der Waals surface area contributed by atoms with Gasteiger partial charge in [0.25, 0.3) is 0 Å². The van der Waals surface area contributed by atoms with Gasteiger partial charge in [0, 0.05) is 17.4 Å². The maximum absolute atomic E-state index is 11.3. The van der Waals surface area contributed by atoms with Gasteiger partial charge in [0.1, 0.15) is 12.1 Å². The summed E-state index contributed by atoms with van der Waals surface area (Å²) >= 11 is 1.57. The Morgan fingerprint density at radius 1 is 1.39 bits per heavy atom. The molecule has 0 aromatic carbocycles. The summed E-state index contributed by atoms with van der Waals surface area (Å²) in [4.78, 5) is 11.3. The first-order chi connectivity index (χ1) is 13.3. The molecule has 28 heavy (non-hydrogen) atoms. The molecule has 7 heteroatoms. The second kappa shape index (κ2) is 11.0. The average Bonchev–Trinajstić information content (AvgIpc) is 2.63. The minimum atomic E-state index is -0.831. The van der Waals surface area contributed by atoms with E-state index in [9.17, 15) is 15.0 Å². The molecule has 2 rings (SSSR count). The molecule has 5 unspecified atom stereocenters. The van der Waals surface area contributed by atoms with Crippen molar-refractivity contribution in [3.8, 4) is 0 Å². The molecule has 2 aliphatic rings. The molecule has 0 spiro atoms. The zero-order valence-electron chi connectivity index (χ0n) is 17.5. The third-order valence-electron chi connectivity index (χ3n) is 5.94. The van der Waals surface area contributed by atoms with E-state index in [1.807, 2.05) is 6.92 Å². The lowest BCUT2D eigenvalue weighted by Crippen LogP contribution is -2.56. The van der Waals surface area contributed by atoms with Gasteiger partial charge >= 0.3 is 5.97 Å². The number of carboxylic acid groups (broad SMARTS) is 1. The molecule has 2 heterocycles. The van der Waals surface area contributed by atoms with Crippen molar-refractivity contribution in [1.82, 2.24) is 5.32 Å². The van der Waals surface area contributed by atoms with Crippen LogP contribution in [0.4, 0.5) is 0 Å². The summed E-state index contributed by atoms with van der Waals surface area (Å²) in [5.74, 6) is 0.265. The molecule has 2 fully saturated rings. The van der Waals surface area contributed by atoms with Gasteiger partial charge in [0.05, 0.1) is 25.4 Å². The lowest BCUT2D eigenvalue weighted by Gasteiger charge is -2.47. The molecular formula is C21H37NO5S. The van der Waals surface area contributed by atoms with Crippen molar-refractivity contribution in [3.05, 3.63) is 12.2 Å². The predicted molar refractivity (Wildman–Crippen MR) is 113 cm³/mol. The Labute approximate surface area is 173 Å². The number of ether oxygens (including phenoxy) is 2. The minimum Gasteiger partial charge on any atom is -0.480 e. The van der Waals surface area contributed by atoms with Crippen LogP contribution in [0, 0.1) is 11.3 Å². The van der Waals surface area contributed by atoms with Crippen LogP contribution in [-0.4, -0.2) is 71.8 Å². The maximum atomic E-state index is 11.3. The number of aliphatic hydroxyl groups is 1. The van der Waals surface area contributed by atoms with Crippen LogP contribution in [-0.2, 0) is 14.3 Å². The summed E-state index contributed by atoms with van der Waals surface area (Å²) in [6.45, 7) is 11.9. The molecule has 5 atom stereocenters. The number of carboxylic acids is 1. The Morgan fingerprint density at radius 3 is 2.82 bits per heavy atom. The van der Waals surface area contributed by atoms with Gasteiger partial charge in [-0.25, -0.2) is 0 Å². The number of aliphatic carboxylic acids is 1. The van der Waals surface area contributed by atoms with Crippen LogP contribution in [0.1, 0.15) is 46.5 Å².